The Kier molecular flexibility index (Phi) is 10.4. The Balaban J connectivity index is 2.45. The average Bonchev–Trinajstić information content (AvgIpc) is 2.78. The lowest BCUT2D eigenvalue weighted by atomic mass is 10.1. The number of halogens is 2. The van der Waals surface area contributed by atoms with E-state index in [-0.39, 0.29) is 18.5 Å². The summed E-state index contributed by atoms with van der Waals surface area (Å²) in [5, 5.41) is 3.55. The van der Waals surface area contributed by atoms with Crippen LogP contribution in [0.4, 0.5) is 5.69 Å². The van der Waals surface area contributed by atoms with Crippen molar-refractivity contribution in [3.8, 4) is 0 Å². The molecule has 1 atom stereocenters. The highest BCUT2D eigenvalue weighted by Crippen LogP contribution is 2.25. The molecule has 35 heavy (non-hydrogen) atoms. The van der Waals surface area contributed by atoms with Gasteiger partial charge in [-0.05, 0) is 62.1 Å². The zero-order valence-electron chi connectivity index (χ0n) is 20.7. The van der Waals surface area contributed by atoms with Gasteiger partial charge >= 0.3 is 0 Å². The maximum Gasteiger partial charge on any atom is 0.244 e. The quantitative estimate of drug-likeness (QED) is 0.448. The van der Waals surface area contributed by atoms with Crippen molar-refractivity contribution >= 4 is 50.7 Å². The standard InChI is InChI=1S/C25H33Cl2N3O4S/c1-6-18-8-11-20(12-9-18)30(35(5,33)34)16-24(31)29(23(7-2)25(32)28-17(3)4)15-19-10-13-21(26)22(27)14-19/h8-14,17,23H,6-7,15-16H2,1-5H3,(H,28,32). The summed E-state index contributed by atoms with van der Waals surface area (Å²) >= 11 is 12.2. The third-order valence-corrected chi connectivity index (χ3v) is 7.35. The Morgan fingerprint density at radius 3 is 2.06 bits per heavy atom. The summed E-state index contributed by atoms with van der Waals surface area (Å²) in [5.41, 5.74) is 2.10. The Morgan fingerprint density at radius 2 is 1.57 bits per heavy atom. The first-order valence-electron chi connectivity index (χ1n) is 11.5. The molecule has 2 aromatic carbocycles. The topological polar surface area (TPSA) is 86.8 Å². The SMILES string of the molecule is CCc1ccc(N(CC(=O)N(Cc2ccc(Cl)c(Cl)c2)C(CC)C(=O)NC(C)C)S(C)(=O)=O)cc1. The number of sulfonamides is 1. The number of rotatable bonds is 11. The molecule has 0 fully saturated rings. The molecular weight excluding hydrogens is 509 g/mol. The molecule has 0 aliphatic rings. The lowest BCUT2D eigenvalue weighted by Gasteiger charge is -2.33. The normalized spacial score (nSPS) is 12.3. The van der Waals surface area contributed by atoms with Crippen LogP contribution in [0.3, 0.4) is 0 Å². The number of amides is 2. The summed E-state index contributed by atoms with van der Waals surface area (Å²) < 4.78 is 26.4. The van der Waals surface area contributed by atoms with Crippen molar-refractivity contribution in [2.75, 3.05) is 17.1 Å². The number of nitrogens with one attached hydrogen (secondary N) is 1. The van der Waals surface area contributed by atoms with E-state index in [0.717, 1.165) is 22.5 Å². The van der Waals surface area contributed by atoms with Gasteiger partial charge < -0.3 is 10.2 Å². The highest BCUT2D eigenvalue weighted by molar-refractivity contribution is 7.92. The van der Waals surface area contributed by atoms with Crippen molar-refractivity contribution in [2.45, 2.75) is 59.2 Å². The van der Waals surface area contributed by atoms with Gasteiger partial charge in [-0.25, -0.2) is 8.42 Å². The van der Waals surface area contributed by atoms with Crippen LogP contribution >= 0.6 is 23.2 Å². The van der Waals surface area contributed by atoms with Gasteiger partial charge in [-0.3, -0.25) is 13.9 Å². The van der Waals surface area contributed by atoms with Crippen LogP contribution in [0.1, 0.15) is 45.2 Å². The molecule has 0 aliphatic heterocycles. The molecule has 0 heterocycles. The summed E-state index contributed by atoms with van der Waals surface area (Å²) in [7, 11) is -3.78. The van der Waals surface area contributed by atoms with E-state index in [1.165, 1.54) is 4.90 Å². The van der Waals surface area contributed by atoms with Crippen molar-refractivity contribution in [1.29, 1.82) is 0 Å². The molecule has 0 saturated carbocycles. The fourth-order valence-electron chi connectivity index (χ4n) is 3.65. The van der Waals surface area contributed by atoms with Gasteiger partial charge in [-0.15, -0.1) is 0 Å². The minimum atomic E-state index is -3.78. The molecule has 0 saturated heterocycles. The van der Waals surface area contributed by atoms with Crippen molar-refractivity contribution < 1.29 is 18.0 Å². The highest BCUT2D eigenvalue weighted by atomic mass is 35.5. The van der Waals surface area contributed by atoms with Crippen LogP contribution in [0.5, 0.6) is 0 Å². The van der Waals surface area contributed by atoms with Gasteiger partial charge in [0.25, 0.3) is 0 Å². The first-order chi connectivity index (χ1) is 16.4. The first-order valence-corrected chi connectivity index (χ1v) is 14.1. The maximum absolute atomic E-state index is 13.6. The number of hydrogen-bond acceptors (Lipinski definition) is 4. The van der Waals surface area contributed by atoms with Crippen LogP contribution in [-0.4, -0.2) is 50.0 Å². The zero-order chi connectivity index (χ0) is 26.3. The number of carbonyl (C=O) groups excluding carboxylic acids is 2. The van der Waals surface area contributed by atoms with Gasteiger partial charge in [0.1, 0.15) is 12.6 Å². The van der Waals surface area contributed by atoms with Crippen LogP contribution < -0.4 is 9.62 Å². The van der Waals surface area contributed by atoms with E-state index in [4.69, 9.17) is 23.2 Å². The van der Waals surface area contributed by atoms with Crippen molar-refractivity contribution in [1.82, 2.24) is 10.2 Å². The molecular formula is C25H33Cl2N3O4S. The minimum Gasteiger partial charge on any atom is -0.352 e. The van der Waals surface area contributed by atoms with E-state index >= 15 is 0 Å². The maximum atomic E-state index is 13.6. The largest absolute Gasteiger partial charge is 0.352 e. The molecule has 0 aromatic heterocycles. The molecule has 1 unspecified atom stereocenters. The number of aryl methyl sites for hydroxylation is 1. The summed E-state index contributed by atoms with van der Waals surface area (Å²) in [6, 6.07) is 11.1. The van der Waals surface area contributed by atoms with Crippen molar-refractivity contribution in [3.63, 3.8) is 0 Å². The summed E-state index contributed by atoms with van der Waals surface area (Å²) in [4.78, 5) is 28.0. The predicted molar refractivity (Wildman–Crippen MR) is 142 cm³/mol. The molecule has 10 heteroatoms. The van der Waals surface area contributed by atoms with E-state index in [1.807, 2.05) is 32.9 Å². The molecule has 0 spiro atoms. The molecule has 0 radical (unpaired) electrons. The van der Waals surface area contributed by atoms with E-state index < -0.39 is 28.5 Å². The van der Waals surface area contributed by atoms with E-state index in [9.17, 15) is 18.0 Å². The number of hydrogen-bond donors (Lipinski definition) is 1. The molecule has 7 nitrogen and oxygen atoms in total. The molecule has 2 amide bonds. The number of nitrogens with zero attached hydrogens (tertiary/aromatic N) is 2. The van der Waals surface area contributed by atoms with Gasteiger partial charge in [0.15, 0.2) is 0 Å². The second kappa shape index (κ2) is 12.6. The Morgan fingerprint density at radius 1 is 0.971 bits per heavy atom. The van der Waals surface area contributed by atoms with Gasteiger partial charge in [0, 0.05) is 12.6 Å². The molecule has 0 aliphatic carbocycles. The van der Waals surface area contributed by atoms with E-state index in [2.05, 4.69) is 5.32 Å². The molecule has 0 bridgehead atoms. The predicted octanol–water partition coefficient (Wildman–Crippen LogP) is 4.65. The fraction of sp³-hybridized carbons (Fsp3) is 0.440. The summed E-state index contributed by atoms with van der Waals surface area (Å²) in [5.74, 6) is -0.819. The Labute approximate surface area is 218 Å². The van der Waals surface area contributed by atoms with Crippen LogP contribution in [0.15, 0.2) is 42.5 Å². The van der Waals surface area contributed by atoms with E-state index in [0.29, 0.717) is 27.7 Å². The highest BCUT2D eigenvalue weighted by Gasteiger charge is 2.32. The second-order valence-electron chi connectivity index (χ2n) is 8.65. The third kappa shape index (κ3) is 8.12. The van der Waals surface area contributed by atoms with Crippen LogP contribution in [0.25, 0.3) is 0 Å². The smallest absolute Gasteiger partial charge is 0.244 e. The zero-order valence-corrected chi connectivity index (χ0v) is 23.0. The summed E-state index contributed by atoms with van der Waals surface area (Å²) in [6.07, 6.45) is 2.20. The van der Waals surface area contributed by atoms with Crippen molar-refractivity contribution in [2.24, 2.45) is 0 Å². The van der Waals surface area contributed by atoms with Gasteiger partial charge in [0.2, 0.25) is 21.8 Å². The monoisotopic (exact) mass is 541 g/mol. The molecule has 2 aromatic rings. The lowest BCUT2D eigenvalue weighted by Crippen LogP contribution is -2.53. The molecule has 2 rings (SSSR count). The number of carbonyl (C=O) groups is 2. The van der Waals surface area contributed by atoms with Gasteiger partial charge in [0.05, 0.1) is 22.0 Å². The summed E-state index contributed by atoms with van der Waals surface area (Å²) in [6.45, 7) is 7.09. The van der Waals surface area contributed by atoms with Gasteiger partial charge in [-0.2, -0.15) is 0 Å². The minimum absolute atomic E-state index is 0.0616. The third-order valence-electron chi connectivity index (χ3n) is 5.47. The van der Waals surface area contributed by atoms with Crippen LogP contribution in [-0.2, 0) is 32.6 Å². The molecule has 192 valence electrons. The number of benzene rings is 2. The van der Waals surface area contributed by atoms with Crippen LogP contribution in [0.2, 0.25) is 10.0 Å². The first kappa shape index (κ1) is 28.9. The fourth-order valence-corrected chi connectivity index (χ4v) is 4.82. The van der Waals surface area contributed by atoms with Crippen molar-refractivity contribution in [3.05, 3.63) is 63.6 Å². The lowest BCUT2D eigenvalue weighted by molar-refractivity contribution is -0.140. The Bertz CT molecular complexity index is 1140. The van der Waals surface area contributed by atoms with Crippen LogP contribution in [0, 0.1) is 0 Å². The van der Waals surface area contributed by atoms with E-state index in [1.54, 1.807) is 37.3 Å². The Hall–Kier alpha value is -2.29. The average molecular weight is 543 g/mol. The number of anilines is 1. The van der Waals surface area contributed by atoms with Gasteiger partial charge in [-0.1, -0.05) is 55.2 Å². The second-order valence-corrected chi connectivity index (χ2v) is 11.4. The molecule has 1 N–H and O–H groups in total.